The van der Waals surface area contributed by atoms with Gasteiger partial charge in [-0.15, -0.1) is 0 Å². The largest absolute Gasteiger partial charge is 0.362 e. The van der Waals surface area contributed by atoms with Gasteiger partial charge in [0.05, 0.1) is 17.9 Å². The van der Waals surface area contributed by atoms with Crippen molar-refractivity contribution in [2.24, 2.45) is 0 Å². The summed E-state index contributed by atoms with van der Waals surface area (Å²) in [5.41, 5.74) is 1.12. The van der Waals surface area contributed by atoms with Crippen LogP contribution in [0.5, 0.6) is 0 Å². The average Bonchev–Trinajstić information content (AvgIpc) is 2.93. The second kappa shape index (κ2) is 5.67. The normalized spacial score (nSPS) is 16.9. The van der Waals surface area contributed by atoms with Gasteiger partial charge in [0, 0.05) is 6.61 Å². The van der Waals surface area contributed by atoms with Gasteiger partial charge in [0.1, 0.15) is 12.8 Å². The number of hydrogen-bond acceptors (Lipinski definition) is 4. The zero-order valence-electron chi connectivity index (χ0n) is 11.7. The van der Waals surface area contributed by atoms with Gasteiger partial charge in [-0.3, -0.25) is 14.3 Å². The Bertz CT molecular complexity index is 749. The van der Waals surface area contributed by atoms with E-state index in [0.29, 0.717) is 17.9 Å². The molecule has 0 radical (unpaired) electrons. The molecule has 1 aromatic carbocycles. The highest BCUT2D eigenvalue weighted by molar-refractivity contribution is 5.33. The first-order chi connectivity index (χ1) is 10.2. The lowest BCUT2D eigenvalue weighted by molar-refractivity contribution is 0.0659. The molecule has 21 heavy (non-hydrogen) atoms. The zero-order valence-corrected chi connectivity index (χ0v) is 11.7. The number of aromatic nitrogens is 2. The summed E-state index contributed by atoms with van der Waals surface area (Å²) in [7, 11) is 0. The summed E-state index contributed by atoms with van der Waals surface area (Å²) in [6.45, 7) is 2.62. The predicted octanol–water partition coefficient (Wildman–Crippen LogP) is 1.15. The molecular formula is C15H16N2O4. The molecule has 1 aromatic heterocycles. The Morgan fingerprint density at radius 1 is 1.33 bits per heavy atom. The molecule has 6 heteroatoms. The number of H-pyrrole nitrogens is 1. The Morgan fingerprint density at radius 3 is 2.81 bits per heavy atom. The van der Waals surface area contributed by atoms with Crippen LogP contribution < -0.4 is 11.2 Å². The Labute approximate surface area is 121 Å². The first kappa shape index (κ1) is 13.8. The molecule has 0 saturated heterocycles. The molecule has 0 saturated carbocycles. The molecule has 0 bridgehead atoms. The number of rotatable bonds is 4. The molecule has 0 spiro atoms. The van der Waals surface area contributed by atoms with E-state index < -0.39 is 11.8 Å². The number of fused-ring (bicyclic) bond motifs is 1. The third-order valence-corrected chi connectivity index (χ3v) is 3.51. The van der Waals surface area contributed by atoms with E-state index in [1.165, 1.54) is 4.57 Å². The molecule has 1 N–H and O–H groups in total. The molecule has 6 nitrogen and oxygen atoms in total. The second-order valence-corrected chi connectivity index (χ2v) is 4.77. The number of nitrogens with one attached hydrogen (secondary N) is 1. The molecule has 1 aliphatic heterocycles. The van der Waals surface area contributed by atoms with Crippen molar-refractivity contribution in [3.05, 3.63) is 68.0 Å². The van der Waals surface area contributed by atoms with Crippen LogP contribution in [0, 0.1) is 0 Å². The topological polar surface area (TPSA) is 73.3 Å². The molecule has 2 heterocycles. The minimum atomic E-state index is -0.473. The average molecular weight is 288 g/mol. The van der Waals surface area contributed by atoms with Crippen LogP contribution in [0.3, 0.4) is 0 Å². The lowest BCUT2D eigenvalue weighted by atomic mass is 10.1. The van der Waals surface area contributed by atoms with Crippen LogP contribution in [0.15, 0.2) is 39.9 Å². The Balaban J connectivity index is 2.15. The van der Waals surface area contributed by atoms with Crippen molar-refractivity contribution in [3.63, 3.8) is 0 Å². The van der Waals surface area contributed by atoms with Gasteiger partial charge in [0.2, 0.25) is 0 Å². The lowest BCUT2D eigenvalue weighted by Crippen LogP contribution is -2.35. The van der Waals surface area contributed by atoms with Crippen LogP contribution in [0.25, 0.3) is 0 Å². The van der Waals surface area contributed by atoms with Gasteiger partial charge in [-0.25, -0.2) is 4.79 Å². The molecule has 0 amide bonds. The summed E-state index contributed by atoms with van der Waals surface area (Å²) in [6.07, 6.45) is -0.420. The van der Waals surface area contributed by atoms with Gasteiger partial charge >= 0.3 is 5.69 Å². The molecular weight excluding hydrogens is 272 g/mol. The summed E-state index contributed by atoms with van der Waals surface area (Å²) in [5, 5.41) is 0. The van der Waals surface area contributed by atoms with Gasteiger partial charge in [-0.1, -0.05) is 30.3 Å². The molecule has 1 aliphatic rings. The van der Waals surface area contributed by atoms with Gasteiger partial charge in [-0.2, -0.15) is 0 Å². The van der Waals surface area contributed by atoms with E-state index in [9.17, 15) is 9.59 Å². The Morgan fingerprint density at radius 2 is 2.10 bits per heavy atom. The van der Waals surface area contributed by atoms with Crippen molar-refractivity contribution in [1.82, 2.24) is 9.55 Å². The van der Waals surface area contributed by atoms with Crippen LogP contribution in [0.4, 0.5) is 0 Å². The number of benzene rings is 1. The maximum atomic E-state index is 12.1. The van der Waals surface area contributed by atoms with E-state index in [1.54, 1.807) is 0 Å². The van der Waals surface area contributed by atoms with Crippen LogP contribution in [0.1, 0.15) is 29.8 Å². The van der Waals surface area contributed by atoms with Gasteiger partial charge in [0.15, 0.2) is 0 Å². The van der Waals surface area contributed by atoms with Crippen LogP contribution in [0.2, 0.25) is 0 Å². The molecule has 1 unspecified atom stereocenters. The molecule has 0 aliphatic carbocycles. The highest BCUT2D eigenvalue weighted by Crippen LogP contribution is 2.33. The summed E-state index contributed by atoms with van der Waals surface area (Å²) >= 11 is 0. The maximum Gasteiger partial charge on any atom is 0.330 e. The van der Waals surface area contributed by atoms with E-state index in [4.69, 9.17) is 9.47 Å². The van der Waals surface area contributed by atoms with Gasteiger partial charge < -0.3 is 9.47 Å². The first-order valence-electron chi connectivity index (χ1n) is 6.82. The first-order valence-corrected chi connectivity index (χ1v) is 6.82. The molecule has 1 atom stereocenters. The monoisotopic (exact) mass is 288 g/mol. The fraction of sp³-hybridized carbons (Fsp3) is 0.333. The predicted molar refractivity (Wildman–Crippen MR) is 76.0 cm³/mol. The Kier molecular flexibility index (Phi) is 3.72. The summed E-state index contributed by atoms with van der Waals surface area (Å²) in [6, 6.07) is 9.53. The van der Waals surface area contributed by atoms with Crippen molar-refractivity contribution >= 4 is 0 Å². The highest BCUT2D eigenvalue weighted by Gasteiger charge is 2.31. The van der Waals surface area contributed by atoms with Crippen molar-refractivity contribution in [1.29, 1.82) is 0 Å². The summed E-state index contributed by atoms with van der Waals surface area (Å²) in [5.74, 6) is 0. The molecule has 3 rings (SSSR count). The fourth-order valence-corrected chi connectivity index (χ4v) is 2.51. The second-order valence-electron chi connectivity index (χ2n) is 4.77. The minimum absolute atomic E-state index is 0.0984. The quantitative estimate of drug-likeness (QED) is 0.916. The molecule has 0 fully saturated rings. The minimum Gasteiger partial charge on any atom is -0.362 e. The van der Waals surface area contributed by atoms with Crippen LogP contribution in [-0.2, 0) is 22.8 Å². The molecule has 110 valence electrons. The van der Waals surface area contributed by atoms with Crippen molar-refractivity contribution in [2.45, 2.75) is 26.4 Å². The van der Waals surface area contributed by atoms with E-state index in [1.807, 2.05) is 37.3 Å². The van der Waals surface area contributed by atoms with Crippen molar-refractivity contribution in [3.8, 4) is 0 Å². The summed E-state index contributed by atoms with van der Waals surface area (Å²) < 4.78 is 12.5. The van der Waals surface area contributed by atoms with Crippen LogP contribution >= 0.6 is 0 Å². The van der Waals surface area contributed by atoms with E-state index >= 15 is 0 Å². The molecule has 2 aromatic rings. The number of nitrogens with zero attached hydrogens (tertiary/aromatic N) is 1. The van der Waals surface area contributed by atoms with Crippen molar-refractivity contribution < 1.29 is 9.47 Å². The zero-order chi connectivity index (χ0) is 14.8. The maximum absolute atomic E-state index is 12.1. The number of hydrogen-bond donors (Lipinski definition) is 1. The SMILES string of the molecule is CCOCn1c2c(c(=O)[nH]c1=O)COC2c1ccccc1. The third kappa shape index (κ3) is 2.43. The smallest absolute Gasteiger partial charge is 0.330 e. The van der Waals surface area contributed by atoms with Crippen LogP contribution in [-0.4, -0.2) is 16.2 Å². The third-order valence-electron chi connectivity index (χ3n) is 3.51. The Hall–Kier alpha value is -2.18. The van der Waals surface area contributed by atoms with E-state index in [-0.39, 0.29) is 18.9 Å². The standard InChI is InChI=1S/C15H16N2O4/c1-2-20-9-17-12-11(14(18)16-15(17)19)8-21-13(12)10-6-4-3-5-7-10/h3-7,13H,2,8-9H2,1H3,(H,16,18,19). The number of aromatic amines is 1. The summed E-state index contributed by atoms with van der Waals surface area (Å²) in [4.78, 5) is 26.3. The lowest BCUT2D eigenvalue weighted by Gasteiger charge is -2.16. The fourth-order valence-electron chi connectivity index (χ4n) is 2.51. The number of ether oxygens (including phenoxy) is 2. The van der Waals surface area contributed by atoms with E-state index in [2.05, 4.69) is 4.98 Å². The van der Waals surface area contributed by atoms with Gasteiger partial charge in [0.25, 0.3) is 5.56 Å². The van der Waals surface area contributed by atoms with E-state index in [0.717, 1.165) is 5.56 Å². The van der Waals surface area contributed by atoms with Gasteiger partial charge in [-0.05, 0) is 12.5 Å². The van der Waals surface area contributed by atoms with Crippen molar-refractivity contribution in [2.75, 3.05) is 6.61 Å². The highest BCUT2D eigenvalue weighted by atomic mass is 16.5.